The summed E-state index contributed by atoms with van der Waals surface area (Å²) in [5.41, 5.74) is 0. The second-order valence-electron chi connectivity index (χ2n) is 5.52. The van der Waals surface area contributed by atoms with Crippen LogP contribution in [-0.4, -0.2) is 6.21 Å². The van der Waals surface area contributed by atoms with Gasteiger partial charge in [0.05, 0.1) is 0 Å². The van der Waals surface area contributed by atoms with Gasteiger partial charge in [-0.25, -0.2) is 4.76 Å². The van der Waals surface area contributed by atoms with Crippen LogP contribution in [0.25, 0.3) is 0 Å². The van der Waals surface area contributed by atoms with E-state index in [1.165, 1.54) is 0 Å². The SMILES string of the molecule is CC(C)CC/C=N/P(=O)(c1ccccc1)c1ccccc1. The highest BCUT2D eigenvalue weighted by molar-refractivity contribution is 7.77. The van der Waals surface area contributed by atoms with Crippen LogP contribution in [0.2, 0.25) is 0 Å². The van der Waals surface area contributed by atoms with Crippen LogP contribution in [0.4, 0.5) is 0 Å². The summed E-state index contributed by atoms with van der Waals surface area (Å²) < 4.78 is 18.0. The highest BCUT2D eigenvalue weighted by Crippen LogP contribution is 2.44. The molecule has 2 rings (SSSR count). The van der Waals surface area contributed by atoms with E-state index in [0.29, 0.717) is 5.92 Å². The van der Waals surface area contributed by atoms with E-state index in [0.717, 1.165) is 23.5 Å². The lowest BCUT2D eigenvalue weighted by Crippen LogP contribution is -2.14. The van der Waals surface area contributed by atoms with Gasteiger partial charge in [0.15, 0.2) is 0 Å². The molecule has 0 aliphatic carbocycles. The fourth-order valence-electron chi connectivity index (χ4n) is 2.12. The summed E-state index contributed by atoms with van der Waals surface area (Å²) >= 11 is 0. The minimum absolute atomic E-state index is 0.629. The molecular weight excluding hydrogens is 277 g/mol. The van der Waals surface area contributed by atoms with Crippen molar-refractivity contribution in [1.29, 1.82) is 0 Å². The summed E-state index contributed by atoms with van der Waals surface area (Å²) in [6.07, 6.45) is 3.76. The number of benzene rings is 2. The average Bonchev–Trinajstić information content (AvgIpc) is 2.53. The molecule has 21 heavy (non-hydrogen) atoms. The first-order valence-electron chi connectivity index (χ1n) is 7.38. The Morgan fingerprint density at radius 2 is 1.43 bits per heavy atom. The molecule has 110 valence electrons. The zero-order valence-corrected chi connectivity index (χ0v) is 13.5. The minimum Gasteiger partial charge on any atom is -0.288 e. The van der Waals surface area contributed by atoms with Gasteiger partial charge in [0, 0.05) is 16.8 Å². The van der Waals surface area contributed by atoms with Crippen molar-refractivity contribution in [3.63, 3.8) is 0 Å². The maximum absolute atomic E-state index is 13.5. The summed E-state index contributed by atoms with van der Waals surface area (Å²) in [6, 6.07) is 19.1. The molecule has 0 atom stereocenters. The van der Waals surface area contributed by atoms with Crippen molar-refractivity contribution in [2.45, 2.75) is 26.7 Å². The molecule has 0 N–H and O–H groups in total. The van der Waals surface area contributed by atoms with Crippen molar-refractivity contribution < 1.29 is 4.57 Å². The normalized spacial score (nSPS) is 12.1. The highest BCUT2D eigenvalue weighted by Gasteiger charge is 2.25. The van der Waals surface area contributed by atoms with E-state index in [9.17, 15) is 4.57 Å². The van der Waals surface area contributed by atoms with Gasteiger partial charge >= 0.3 is 0 Å². The van der Waals surface area contributed by atoms with Crippen LogP contribution in [0, 0.1) is 5.92 Å². The maximum atomic E-state index is 13.5. The Bertz CT molecular complexity index is 577. The van der Waals surface area contributed by atoms with Gasteiger partial charge in [-0.3, -0.25) is 4.57 Å². The Morgan fingerprint density at radius 1 is 0.952 bits per heavy atom. The Balaban J connectivity index is 2.34. The van der Waals surface area contributed by atoms with Crippen LogP contribution in [0.3, 0.4) is 0 Å². The van der Waals surface area contributed by atoms with Crippen molar-refractivity contribution in [3.8, 4) is 0 Å². The molecule has 0 amide bonds. The van der Waals surface area contributed by atoms with Gasteiger partial charge in [-0.15, -0.1) is 0 Å². The van der Waals surface area contributed by atoms with E-state index in [-0.39, 0.29) is 0 Å². The van der Waals surface area contributed by atoms with E-state index >= 15 is 0 Å². The molecule has 2 aromatic carbocycles. The Morgan fingerprint density at radius 3 is 1.86 bits per heavy atom. The molecule has 0 fully saturated rings. The van der Waals surface area contributed by atoms with E-state index in [2.05, 4.69) is 18.6 Å². The van der Waals surface area contributed by atoms with Gasteiger partial charge in [0.2, 0.25) is 7.29 Å². The Labute approximate surface area is 127 Å². The molecule has 0 spiro atoms. The highest BCUT2D eigenvalue weighted by atomic mass is 31.2. The lowest BCUT2D eigenvalue weighted by atomic mass is 10.1. The zero-order chi connectivity index (χ0) is 15.1. The number of hydrogen-bond donors (Lipinski definition) is 0. The van der Waals surface area contributed by atoms with E-state index < -0.39 is 7.29 Å². The molecular formula is C18H22NOP. The Hall–Kier alpha value is -1.66. The zero-order valence-electron chi connectivity index (χ0n) is 12.6. The lowest BCUT2D eigenvalue weighted by Gasteiger charge is -2.14. The molecule has 2 nitrogen and oxygen atoms in total. The summed E-state index contributed by atoms with van der Waals surface area (Å²) in [4.78, 5) is 0. The van der Waals surface area contributed by atoms with Crippen molar-refractivity contribution in [3.05, 3.63) is 60.7 Å². The quantitative estimate of drug-likeness (QED) is 0.573. The summed E-state index contributed by atoms with van der Waals surface area (Å²) in [5, 5.41) is 1.58. The number of nitrogens with zero attached hydrogens (tertiary/aromatic N) is 1. The first-order valence-corrected chi connectivity index (χ1v) is 9.04. The second-order valence-corrected chi connectivity index (χ2v) is 7.93. The molecule has 0 heterocycles. The summed E-state index contributed by atoms with van der Waals surface area (Å²) in [6.45, 7) is 4.36. The molecule has 0 saturated carbocycles. The Kier molecular flexibility index (Phi) is 5.52. The number of rotatable bonds is 6. The molecule has 3 heteroatoms. The van der Waals surface area contributed by atoms with Gasteiger partial charge in [0.1, 0.15) is 0 Å². The van der Waals surface area contributed by atoms with Gasteiger partial charge in [-0.2, -0.15) is 0 Å². The van der Waals surface area contributed by atoms with Crippen LogP contribution >= 0.6 is 7.29 Å². The predicted molar refractivity (Wildman–Crippen MR) is 92.3 cm³/mol. The molecule has 2 aromatic rings. The molecule has 0 saturated heterocycles. The molecule has 0 unspecified atom stereocenters. The fourth-order valence-corrected chi connectivity index (χ4v) is 4.19. The van der Waals surface area contributed by atoms with Gasteiger partial charge in [0.25, 0.3) is 0 Å². The first kappa shape index (κ1) is 15.7. The van der Waals surface area contributed by atoms with Crippen LogP contribution < -0.4 is 10.6 Å². The topological polar surface area (TPSA) is 29.4 Å². The monoisotopic (exact) mass is 299 g/mol. The summed E-state index contributed by atoms with van der Waals surface area (Å²) in [5.74, 6) is 0.629. The van der Waals surface area contributed by atoms with Crippen molar-refractivity contribution in [2.24, 2.45) is 10.7 Å². The molecule has 0 radical (unpaired) electrons. The van der Waals surface area contributed by atoms with Crippen molar-refractivity contribution in [2.75, 3.05) is 0 Å². The minimum atomic E-state index is -2.91. The van der Waals surface area contributed by atoms with Gasteiger partial charge in [-0.1, -0.05) is 50.2 Å². The fraction of sp³-hybridized carbons (Fsp3) is 0.278. The third kappa shape index (κ3) is 4.15. The largest absolute Gasteiger partial charge is 0.288 e. The maximum Gasteiger partial charge on any atom is 0.247 e. The second kappa shape index (κ2) is 7.38. The number of hydrogen-bond acceptors (Lipinski definition) is 1. The molecule has 0 aliphatic rings. The van der Waals surface area contributed by atoms with E-state index in [1.807, 2.05) is 66.9 Å². The van der Waals surface area contributed by atoms with Crippen LogP contribution in [0.5, 0.6) is 0 Å². The van der Waals surface area contributed by atoms with Gasteiger partial charge < -0.3 is 0 Å². The van der Waals surface area contributed by atoms with Crippen LogP contribution in [0.1, 0.15) is 26.7 Å². The smallest absolute Gasteiger partial charge is 0.247 e. The van der Waals surface area contributed by atoms with Crippen molar-refractivity contribution in [1.82, 2.24) is 0 Å². The van der Waals surface area contributed by atoms with Crippen LogP contribution in [0.15, 0.2) is 65.4 Å². The molecule has 0 aliphatic heterocycles. The van der Waals surface area contributed by atoms with Crippen LogP contribution in [-0.2, 0) is 4.57 Å². The summed E-state index contributed by atoms with van der Waals surface area (Å²) in [7, 11) is -2.91. The molecule has 0 aromatic heterocycles. The molecule has 0 bridgehead atoms. The average molecular weight is 299 g/mol. The van der Waals surface area contributed by atoms with E-state index in [4.69, 9.17) is 0 Å². The third-order valence-corrected chi connectivity index (χ3v) is 5.81. The van der Waals surface area contributed by atoms with Crippen molar-refractivity contribution >= 4 is 24.1 Å². The first-order chi connectivity index (χ1) is 10.1. The van der Waals surface area contributed by atoms with E-state index in [1.54, 1.807) is 0 Å². The van der Waals surface area contributed by atoms with Gasteiger partial charge in [-0.05, 0) is 43.0 Å². The third-order valence-electron chi connectivity index (χ3n) is 3.33. The lowest BCUT2D eigenvalue weighted by molar-refractivity contribution is 0.587. The predicted octanol–water partition coefficient (Wildman–Crippen LogP) is 4.42. The standard InChI is InChI=1S/C18H22NOP/c1-16(2)10-9-15-19-21(20,17-11-5-3-6-12-17)18-13-7-4-8-14-18/h3-8,11-16H,9-10H2,1-2H3/b19-15+.